The Bertz CT molecular complexity index is 3430. The molecule has 644 valence electrons. The van der Waals surface area contributed by atoms with E-state index in [2.05, 4.69) is 26.8 Å². The van der Waals surface area contributed by atoms with Gasteiger partial charge in [0.15, 0.2) is 49.8 Å². The summed E-state index contributed by atoms with van der Waals surface area (Å²) in [4.78, 5) is 58.3. The van der Waals surface area contributed by atoms with Crippen molar-refractivity contribution in [3.05, 3.63) is 11.6 Å². The van der Waals surface area contributed by atoms with Crippen molar-refractivity contribution in [3.8, 4) is 0 Å². The molecular weight excluding hydrogens is 1510 g/mol. The number of hydrogen-bond donors (Lipinski definition) is 18. The molecule has 0 aromatic rings. The fourth-order valence-corrected chi connectivity index (χ4v) is 22.0. The summed E-state index contributed by atoms with van der Waals surface area (Å²) >= 11 is 0. The van der Waals surface area contributed by atoms with E-state index in [1.165, 1.54) is 14.0 Å². The number of carboxylic acids is 1. The highest BCUT2D eigenvalue weighted by atomic mass is 16.8. The first-order valence-corrected chi connectivity index (χ1v) is 39.5. The summed E-state index contributed by atoms with van der Waals surface area (Å²) in [6, 6.07) is -1.35. The molecule has 0 aromatic carbocycles. The Kier molecular flexibility index (Phi) is 24.8. The number of likely N-dealkylation sites (N-methyl/N-ethyl adjacent to an activating group) is 1. The lowest BCUT2D eigenvalue weighted by molar-refractivity contribution is -0.474. The van der Waals surface area contributed by atoms with Gasteiger partial charge in [0.05, 0.1) is 69.4 Å². The van der Waals surface area contributed by atoms with Crippen LogP contribution < -0.4 is 0 Å². The Morgan fingerprint density at radius 2 is 1.26 bits per heavy atom. The predicted octanol–water partition coefficient (Wildman–Crippen LogP) is -5.07. The number of ether oxygens (including phenoxy) is 15. The lowest BCUT2D eigenvalue weighted by atomic mass is 9.33. The molecule has 38 nitrogen and oxygen atoms in total. The van der Waals surface area contributed by atoms with Gasteiger partial charge in [-0.05, 0) is 117 Å². The molecule has 0 aromatic heterocycles. The van der Waals surface area contributed by atoms with Crippen LogP contribution in [0, 0.1) is 50.2 Å². The van der Waals surface area contributed by atoms with Gasteiger partial charge in [-0.2, -0.15) is 0 Å². The van der Waals surface area contributed by atoms with E-state index in [0.717, 1.165) is 16.8 Å². The van der Waals surface area contributed by atoms with Crippen molar-refractivity contribution in [1.29, 1.82) is 0 Å². The number of aliphatic hydroxyl groups excluding tert-OH is 16. The lowest BCUT2D eigenvalue weighted by Gasteiger charge is -2.71. The van der Waals surface area contributed by atoms with Crippen LogP contribution >= 0.6 is 0 Å². The average molecular weight is 1620 g/mol. The topological polar surface area (TPSA) is 574 Å². The number of carbonyl (C=O) groups excluding carboxylic acids is 3. The number of allylic oxidation sites excluding steroid dienone is 2. The van der Waals surface area contributed by atoms with Crippen LogP contribution in [0.2, 0.25) is 0 Å². The molecule has 8 saturated heterocycles. The second-order valence-corrected chi connectivity index (χ2v) is 35.6. The maximum atomic E-state index is 16.6. The molecule has 0 bridgehead atoms. The van der Waals surface area contributed by atoms with Gasteiger partial charge in [-0.25, -0.2) is 9.59 Å². The number of nitrogens with zero attached hydrogens (tertiary/aromatic N) is 1. The fraction of sp³-hybridized carbons (Fsp3) is 0.920. The van der Waals surface area contributed by atoms with Crippen LogP contribution in [0.3, 0.4) is 0 Å². The van der Waals surface area contributed by atoms with E-state index in [1.54, 1.807) is 20.8 Å². The van der Waals surface area contributed by atoms with Gasteiger partial charge >= 0.3 is 18.0 Å². The number of esters is 1. The minimum atomic E-state index is -2.67. The van der Waals surface area contributed by atoms with Gasteiger partial charge in [0.1, 0.15) is 139 Å². The van der Waals surface area contributed by atoms with Crippen LogP contribution in [0.15, 0.2) is 11.6 Å². The zero-order valence-corrected chi connectivity index (χ0v) is 64.9. The summed E-state index contributed by atoms with van der Waals surface area (Å²) < 4.78 is 91.5. The number of aliphatic carboxylic acids is 1. The molecule has 8 heterocycles. The zero-order valence-electron chi connectivity index (χ0n) is 64.9. The number of aliphatic hydroxyl groups is 17. The Morgan fingerprint density at radius 1 is 0.611 bits per heavy atom. The molecule has 13 aliphatic rings. The number of fused-ring (bicyclic) bond motifs is 8. The molecule has 5 aliphatic carbocycles. The summed E-state index contributed by atoms with van der Waals surface area (Å²) in [6.07, 6.45) is -51.2. The third-order valence-electron chi connectivity index (χ3n) is 28.9. The molecular formula is C75H117NO37. The molecule has 12 fully saturated rings. The van der Waals surface area contributed by atoms with Gasteiger partial charge in [0.25, 0.3) is 5.79 Å². The SMILES string of the molecule is CCOC(=O)N(C)[C@H]1C(CO)O[C@@H]2C(OC2(OC(=O)[C@]23CCC(C)(C)CC2C2=CCC4C5(C)CC[C@H](O[C@@H]6OC(C(=O)O)[C@@H](O)[C@H](O[C@@H]7OC[C@@H](O)[C@H](O)C7O)C6O[C@@H]6OC(CO)[C@H](O)[C@H](O)C6O)[C@](C)(C=O)[C@@H]5CC[C@]4(C)[C@]2(C)CC3O)[C@@H]2OC(C)[C@H](O[C@@H]3OC[C@@H](O)C(O[C@@H]4OC[C@](O)(CC)C4O)C3O)C(O)C2O)C1O. The molecule has 13 rings (SSSR count). The first-order valence-electron chi connectivity index (χ1n) is 39.5. The molecule has 18 N–H and O–H groups in total. The first kappa shape index (κ1) is 87.2. The number of hydrogen-bond acceptors (Lipinski definition) is 36. The fourth-order valence-electron chi connectivity index (χ4n) is 22.0. The highest BCUT2D eigenvalue weighted by Gasteiger charge is 2.78. The van der Waals surface area contributed by atoms with Crippen molar-refractivity contribution in [2.24, 2.45) is 50.2 Å². The Hall–Kier alpha value is -3.58. The number of amides is 1. The lowest BCUT2D eigenvalue weighted by Crippen LogP contribution is -2.84. The van der Waals surface area contributed by atoms with Gasteiger partial charge in [-0.3, -0.25) is 4.79 Å². The first-order chi connectivity index (χ1) is 53.1. The molecule has 8 aliphatic heterocycles. The normalized spacial score (nSPS) is 53.5. The molecule has 4 saturated carbocycles. The Morgan fingerprint density at radius 3 is 1.90 bits per heavy atom. The minimum Gasteiger partial charge on any atom is -0.479 e. The van der Waals surface area contributed by atoms with Crippen molar-refractivity contribution in [2.75, 3.05) is 46.7 Å². The average Bonchev–Trinajstić information content (AvgIpc) is 0.957. The molecule has 19 unspecified atom stereocenters. The summed E-state index contributed by atoms with van der Waals surface area (Å²) in [5.74, 6) is -7.07. The van der Waals surface area contributed by atoms with Gasteiger partial charge < -0.3 is 173 Å². The van der Waals surface area contributed by atoms with E-state index in [4.69, 9.17) is 71.1 Å². The monoisotopic (exact) mass is 1620 g/mol. The van der Waals surface area contributed by atoms with Crippen LogP contribution in [0.1, 0.15) is 127 Å². The van der Waals surface area contributed by atoms with Crippen LogP contribution in [0.4, 0.5) is 4.79 Å². The molecule has 0 spiro atoms. The number of rotatable bonds is 20. The van der Waals surface area contributed by atoms with Gasteiger partial charge in [-0.1, -0.05) is 60.1 Å². The summed E-state index contributed by atoms with van der Waals surface area (Å²) in [5, 5.41) is 204. The molecule has 113 heavy (non-hydrogen) atoms. The summed E-state index contributed by atoms with van der Waals surface area (Å²) in [7, 11) is 1.31. The van der Waals surface area contributed by atoms with Crippen molar-refractivity contribution in [2.45, 2.75) is 334 Å². The number of carbonyl (C=O) groups is 4. The van der Waals surface area contributed by atoms with E-state index < -0.39 is 296 Å². The maximum Gasteiger partial charge on any atom is 0.409 e. The second-order valence-electron chi connectivity index (χ2n) is 35.6. The standard InChI is InChI=1S/C75H117NO37/c1-11-73(98)28-102-65(57(73)93)108-52-33(81)26-101-62(50(52)92)107-51-29(3)103-58(46(88)45(51)87)75(59-54(112-75)43(85)40(34(23-77)104-59)76(10)67(97)99-12-2)113-66(96)74-20-19-68(4,5)21-31(74)30-13-14-37-69(6)17-16-39(70(7,27-79)36(69)15-18-71(37,8)72(30,9)22-38(74)82)106-64-56(111-63-48(90)44(86)42(84)35(24-78)105-63)53(49(91)55(110-64)60(94)95)109-61-47(89)41(83)32(80)25-100-61/h13,27,29,31-59,61-65,77-78,80-93,98H,11-12,14-26,28H2,1-10H3,(H,94,95)/t29?,31?,32-,33-,34?,35?,36-,37?,38?,39+,40+,41+,42+,43?,44+,45?,46?,47?,48?,49+,50?,51+,52?,53+,54?,55?,56?,57?,58-,59-,61+,62+,63+,64-,65+,69?,70-,71+,72-,73-,74-,75?/m1/s1. The van der Waals surface area contributed by atoms with Crippen LogP contribution in [-0.4, -0.2) is 375 Å². The van der Waals surface area contributed by atoms with Crippen molar-refractivity contribution in [1.82, 2.24) is 4.90 Å². The maximum absolute atomic E-state index is 16.6. The highest BCUT2D eigenvalue weighted by molar-refractivity contribution is 5.80. The van der Waals surface area contributed by atoms with Crippen molar-refractivity contribution >= 4 is 24.3 Å². The van der Waals surface area contributed by atoms with Crippen molar-refractivity contribution < 1.29 is 182 Å². The van der Waals surface area contributed by atoms with E-state index in [-0.39, 0.29) is 44.8 Å². The van der Waals surface area contributed by atoms with Gasteiger partial charge in [0, 0.05) is 7.05 Å². The van der Waals surface area contributed by atoms with Crippen LogP contribution in [0.25, 0.3) is 0 Å². The molecule has 42 atom stereocenters. The molecule has 38 heteroatoms. The van der Waals surface area contributed by atoms with Gasteiger partial charge in [0.2, 0.25) is 0 Å². The van der Waals surface area contributed by atoms with E-state index in [9.17, 15) is 106 Å². The number of carboxylic acid groups (broad SMARTS) is 1. The number of aldehydes is 1. The molecule has 1 amide bonds. The van der Waals surface area contributed by atoms with Crippen LogP contribution in [0.5, 0.6) is 0 Å². The van der Waals surface area contributed by atoms with Crippen LogP contribution in [-0.2, 0) is 85.4 Å². The third-order valence-corrected chi connectivity index (χ3v) is 28.9. The largest absolute Gasteiger partial charge is 0.479 e. The smallest absolute Gasteiger partial charge is 0.409 e. The highest BCUT2D eigenvalue weighted by Crippen LogP contribution is 2.76. The third kappa shape index (κ3) is 14.2. The van der Waals surface area contributed by atoms with Crippen molar-refractivity contribution in [3.63, 3.8) is 0 Å². The zero-order chi connectivity index (χ0) is 82.4. The van der Waals surface area contributed by atoms with E-state index in [0.29, 0.717) is 38.5 Å². The quantitative estimate of drug-likeness (QED) is 0.0235. The molecule has 0 radical (unpaired) electrons. The minimum absolute atomic E-state index is 0.0234. The Balaban J connectivity index is 0.797. The Labute approximate surface area is 651 Å². The van der Waals surface area contributed by atoms with E-state index in [1.807, 2.05) is 13.8 Å². The second kappa shape index (κ2) is 32.1. The summed E-state index contributed by atoms with van der Waals surface area (Å²) in [5.41, 5.74) is -7.09. The van der Waals surface area contributed by atoms with Gasteiger partial charge in [-0.15, -0.1) is 0 Å². The predicted molar refractivity (Wildman–Crippen MR) is 372 cm³/mol. The summed E-state index contributed by atoms with van der Waals surface area (Å²) in [6.45, 7) is 13.4. The van der Waals surface area contributed by atoms with E-state index >= 15 is 4.79 Å².